The zero-order valence-corrected chi connectivity index (χ0v) is 18.8. The summed E-state index contributed by atoms with van der Waals surface area (Å²) >= 11 is 1.65. The lowest BCUT2D eigenvalue weighted by atomic mass is 10.2. The number of carbonyl (C=O) groups excluding carboxylic acids is 1. The van der Waals surface area contributed by atoms with Gasteiger partial charge in [-0.3, -0.25) is 0 Å². The van der Waals surface area contributed by atoms with Crippen molar-refractivity contribution in [3.63, 3.8) is 0 Å². The highest BCUT2D eigenvalue weighted by Crippen LogP contribution is 2.22. The van der Waals surface area contributed by atoms with Crippen LogP contribution in [0.15, 0.2) is 59.2 Å². The molecule has 1 aromatic heterocycles. The van der Waals surface area contributed by atoms with E-state index in [0.29, 0.717) is 11.3 Å². The number of benzene rings is 2. The summed E-state index contributed by atoms with van der Waals surface area (Å²) < 4.78 is 34.9. The minimum Gasteiger partial charge on any atom is -0.448 e. The van der Waals surface area contributed by atoms with Crippen molar-refractivity contribution in [1.82, 2.24) is 15.0 Å². The first-order chi connectivity index (χ1) is 14.4. The molecule has 1 unspecified atom stereocenters. The fourth-order valence-electron chi connectivity index (χ4n) is 2.50. The molecule has 1 amide bonds. The predicted molar refractivity (Wildman–Crippen MR) is 120 cm³/mol. The average molecular weight is 541 g/mol. The van der Waals surface area contributed by atoms with Crippen LogP contribution in [0.2, 0.25) is 0 Å². The van der Waals surface area contributed by atoms with Gasteiger partial charge in [-0.2, -0.15) is 4.98 Å². The van der Waals surface area contributed by atoms with Gasteiger partial charge in [0.15, 0.2) is 5.82 Å². The van der Waals surface area contributed by atoms with Crippen LogP contribution in [0.5, 0.6) is 0 Å². The summed E-state index contributed by atoms with van der Waals surface area (Å²) in [5, 5.41) is 3.02. The second-order valence-electron chi connectivity index (χ2n) is 5.94. The molecule has 0 spiro atoms. The van der Waals surface area contributed by atoms with Crippen molar-refractivity contribution in [3.8, 4) is 11.4 Å². The largest absolute Gasteiger partial charge is 0.448 e. The van der Waals surface area contributed by atoms with Crippen molar-refractivity contribution < 1.29 is 18.1 Å². The number of carbonyl (C=O) groups is 1. The van der Waals surface area contributed by atoms with E-state index in [1.165, 1.54) is 12.4 Å². The quantitative estimate of drug-likeness (QED) is 0.350. The van der Waals surface area contributed by atoms with Gasteiger partial charge >= 0.3 is 6.09 Å². The summed E-state index contributed by atoms with van der Waals surface area (Å²) in [4.78, 5) is 23.8. The van der Waals surface area contributed by atoms with Gasteiger partial charge in [0.05, 0.1) is 17.9 Å². The van der Waals surface area contributed by atoms with Gasteiger partial charge in [0.2, 0.25) is 5.95 Å². The molecule has 0 aliphatic carbocycles. The SMILES string of the molecule is CCOC(=O)N=S(=O)(I)Cc1cccc(Nc2ncnc(-c3ccccc3F)n2)c1. The summed E-state index contributed by atoms with van der Waals surface area (Å²) in [6.07, 6.45) is 0.439. The number of halogens is 2. The van der Waals surface area contributed by atoms with E-state index >= 15 is 0 Å². The lowest BCUT2D eigenvalue weighted by molar-refractivity contribution is 0.164. The minimum atomic E-state index is -2.83. The Balaban J connectivity index is 1.79. The first-order valence-electron chi connectivity index (χ1n) is 8.77. The zero-order valence-electron chi connectivity index (χ0n) is 15.8. The number of amides is 1. The second-order valence-corrected chi connectivity index (χ2v) is 11.7. The highest BCUT2D eigenvalue weighted by atomic mass is 127. The van der Waals surface area contributed by atoms with Crippen LogP contribution in [0.1, 0.15) is 12.5 Å². The van der Waals surface area contributed by atoms with E-state index in [-0.39, 0.29) is 29.7 Å². The van der Waals surface area contributed by atoms with E-state index in [1.807, 2.05) is 0 Å². The van der Waals surface area contributed by atoms with Crippen LogP contribution in [0.25, 0.3) is 11.4 Å². The van der Waals surface area contributed by atoms with Gasteiger partial charge in [-0.15, -0.1) is 4.36 Å². The van der Waals surface area contributed by atoms with Crippen molar-refractivity contribution in [3.05, 3.63) is 66.2 Å². The smallest absolute Gasteiger partial charge is 0.442 e. The van der Waals surface area contributed by atoms with Gasteiger partial charge in [0.1, 0.15) is 19.0 Å². The maximum Gasteiger partial charge on any atom is 0.442 e. The summed E-state index contributed by atoms with van der Waals surface area (Å²) in [6.45, 7) is -1.02. The van der Waals surface area contributed by atoms with Crippen LogP contribution in [0.4, 0.5) is 20.8 Å². The molecule has 0 saturated heterocycles. The summed E-state index contributed by atoms with van der Waals surface area (Å²) in [6, 6.07) is 13.2. The fourth-order valence-corrected chi connectivity index (χ4v) is 4.99. The Morgan fingerprint density at radius 2 is 2.03 bits per heavy atom. The van der Waals surface area contributed by atoms with Crippen LogP contribution in [0, 0.1) is 5.82 Å². The molecule has 3 rings (SSSR count). The average Bonchev–Trinajstić information content (AvgIpc) is 2.68. The van der Waals surface area contributed by atoms with Crippen molar-refractivity contribution in [2.75, 3.05) is 11.9 Å². The van der Waals surface area contributed by atoms with Crippen molar-refractivity contribution in [2.24, 2.45) is 4.36 Å². The van der Waals surface area contributed by atoms with Gasteiger partial charge in [0, 0.05) is 26.9 Å². The highest BCUT2D eigenvalue weighted by molar-refractivity contribution is 14.2. The Morgan fingerprint density at radius 1 is 1.23 bits per heavy atom. The van der Waals surface area contributed by atoms with Crippen LogP contribution < -0.4 is 5.32 Å². The molecule has 156 valence electrons. The Morgan fingerprint density at radius 3 is 2.80 bits per heavy atom. The lowest BCUT2D eigenvalue weighted by Gasteiger charge is -2.08. The number of hydrogen-bond acceptors (Lipinski definition) is 7. The number of aromatic nitrogens is 3. The summed E-state index contributed by atoms with van der Waals surface area (Å²) in [7, 11) is 0. The van der Waals surface area contributed by atoms with E-state index < -0.39 is 18.8 Å². The molecule has 1 N–H and O–H groups in total. The first kappa shape index (κ1) is 22.0. The molecule has 8 nitrogen and oxygen atoms in total. The number of anilines is 2. The lowest BCUT2D eigenvalue weighted by Crippen LogP contribution is -2.04. The zero-order chi connectivity index (χ0) is 21.6. The molecule has 2 aromatic carbocycles. The third kappa shape index (κ3) is 6.16. The van der Waals surface area contributed by atoms with E-state index in [2.05, 4.69) is 24.6 Å². The monoisotopic (exact) mass is 541 g/mol. The van der Waals surface area contributed by atoms with E-state index in [1.54, 1.807) is 70.6 Å². The first-order valence-corrected chi connectivity index (χ1v) is 13.0. The van der Waals surface area contributed by atoms with Gasteiger partial charge in [-0.05, 0) is 36.8 Å². The van der Waals surface area contributed by atoms with Crippen LogP contribution in [-0.2, 0) is 17.4 Å². The number of ether oxygens (including phenoxy) is 1. The van der Waals surface area contributed by atoms with E-state index in [4.69, 9.17) is 4.74 Å². The maximum atomic E-state index is 14.0. The molecule has 0 bridgehead atoms. The Hall–Kier alpha value is -2.67. The van der Waals surface area contributed by atoms with E-state index in [9.17, 15) is 13.4 Å². The van der Waals surface area contributed by atoms with Crippen molar-refractivity contribution in [1.29, 1.82) is 0 Å². The molecule has 0 radical (unpaired) electrons. The number of hydrogen-bond donors (Lipinski definition) is 1. The third-order valence-electron chi connectivity index (χ3n) is 3.69. The topological polar surface area (TPSA) is 106 Å². The summed E-state index contributed by atoms with van der Waals surface area (Å²) in [5.41, 5.74) is 1.58. The normalized spacial score (nSPS) is 12.6. The molecule has 30 heavy (non-hydrogen) atoms. The van der Waals surface area contributed by atoms with Crippen molar-refractivity contribution >= 4 is 45.8 Å². The molecular formula is C19H17FIN5O3S. The van der Waals surface area contributed by atoms with Crippen molar-refractivity contribution in [2.45, 2.75) is 12.7 Å². The second kappa shape index (κ2) is 9.89. The summed E-state index contributed by atoms with van der Waals surface area (Å²) in [5.74, 6) is 0.0513. The molecule has 1 heterocycles. The maximum absolute atomic E-state index is 14.0. The molecule has 0 aliphatic rings. The molecule has 1 atom stereocenters. The number of rotatable bonds is 6. The Labute approximate surface area is 185 Å². The Kier molecular flexibility index (Phi) is 7.26. The van der Waals surface area contributed by atoms with Gasteiger partial charge < -0.3 is 10.1 Å². The minimum absolute atomic E-state index is 0.0551. The highest BCUT2D eigenvalue weighted by Gasteiger charge is 2.12. The standard InChI is InChI=1S/C19H17FIN5O3S/c1-2-29-19(27)26-30(21,28)11-13-6-5-7-14(10-13)24-18-23-12-22-17(25-18)15-8-3-4-9-16(15)20/h3-10,12H,2,11H2,1H3,(H,22,23,24,25). The van der Waals surface area contributed by atoms with Crippen LogP contribution in [0.3, 0.4) is 0 Å². The van der Waals surface area contributed by atoms with Gasteiger partial charge in [0.25, 0.3) is 0 Å². The molecule has 11 heteroatoms. The molecule has 0 aliphatic heterocycles. The number of nitrogens with zero attached hydrogens (tertiary/aromatic N) is 4. The predicted octanol–water partition coefficient (Wildman–Crippen LogP) is 4.90. The molecule has 0 saturated carbocycles. The third-order valence-corrected chi connectivity index (χ3v) is 6.33. The number of nitrogens with one attached hydrogen (secondary N) is 1. The fraction of sp³-hybridized carbons (Fsp3) is 0.158. The van der Waals surface area contributed by atoms with Crippen LogP contribution >= 0.6 is 21.2 Å². The van der Waals surface area contributed by atoms with Gasteiger partial charge in [-0.25, -0.2) is 23.4 Å². The van der Waals surface area contributed by atoms with Gasteiger partial charge in [-0.1, -0.05) is 24.3 Å². The van der Waals surface area contributed by atoms with Crippen LogP contribution in [-0.4, -0.2) is 31.9 Å². The van der Waals surface area contributed by atoms with E-state index in [0.717, 1.165) is 0 Å². The molecule has 3 aromatic rings. The Bertz CT molecular complexity index is 1180. The molecular weight excluding hydrogens is 524 g/mol. The molecule has 0 fully saturated rings.